The number of rotatable bonds is 16. The van der Waals surface area contributed by atoms with Gasteiger partial charge in [0, 0.05) is 0 Å². The van der Waals surface area contributed by atoms with Gasteiger partial charge in [-0.05, 0) is 55.7 Å². The summed E-state index contributed by atoms with van der Waals surface area (Å²) in [5.41, 5.74) is 2.55. The van der Waals surface area contributed by atoms with E-state index in [-0.39, 0.29) is 0 Å². The van der Waals surface area contributed by atoms with Crippen molar-refractivity contribution in [2.24, 2.45) is 0 Å². The lowest BCUT2D eigenvalue weighted by Crippen LogP contribution is -2.02. The van der Waals surface area contributed by atoms with Crippen molar-refractivity contribution in [2.75, 3.05) is 0 Å². The molecule has 1 aromatic carbocycles. The molecule has 0 aliphatic rings. The number of hydrogen-bond acceptors (Lipinski definition) is 3. The fourth-order valence-corrected chi connectivity index (χ4v) is 3.55. The third-order valence-electron chi connectivity index (χ3n) is 5.39. The number of benzene rings is 1. The Balaban J connectivity index is 0.000000578. The maximum atomic E-state index is 9.95. The topological polar surface area (TPSA) is 60.7 Å². The Morgan fingerprint density at radius 1 is 0.655 bits per heavy atom. The lowest BCUT2D eigenvalue weighted by Gasteiger charge is -2.11. The van der Waals surface area contributed by atoms with E-state index in [0.717, 1.165) is 25.7 Å². The van der Waals surface area contributed by atoms with Crippen LogP contribution in [0.1, 0.15) is 122 Å². The zero-order valence-electron chi connectivity index (χ0n) is 19.5. The molecule has 0 heterocycles. The zero-order valence-corrected chi connectivity index (χ0v) is 19.5. The molecule has 0 unspecified atom stereocenters. The van der Waals surface area contributed by atoms with Crippen molar-refractivity contribution in [3.63, 3.8) is 0 Å². The van der Waals surface area contributed by atoms with Crippen LogP contribution in [0.25, 0.3) is 0 Å². The van der Waals surface area contributed by atoms with Crippen LogP contribution in [0.15, 0.2) is 18.2 Å². The summed E-state index contributed by atoms with van der Waals surface area (Å²) in [5.74, 6) is 0.495. The van der Waals surface area contributed by atoms with Crippen molar-refractivity contribution >= 4 is 0 Å². The third kappa shape index (κ3) is 16.4. The van der Waals surface area contributed by atoms with Crippen LogP contribution in [0.4, 0.5) is 0 Å². The summed E-state index contributed by atoms with van der Waals surface area (Å²) < 4.78 is 0. The molecular weight excluding hydrogens is 360 g/mol. The van der Waals surface area contributed by atoms with Crippen molar-refractivity contribution < 1.29 is 15.3 Å². The van der Waals surface area contributed by atoms with E-state index in [0.29, 0.717) is 12.2 Å². The van der Waals surface area contributed by atoms with Crippen LogP contribution in [0.2, 0.25) is 0 Å². The summed E-state index contributed by atoms with van der Waals surface area (Å²) in [6.45, 7) is 6.65. The first kappa shape index (κ1) is 27.9. The molecule has 1 rings (SSSR count). The number of hydrogen-bond donors (Lipinski definition) is 3. The van der Waals surface area contributed by atoms with E-state index < -0.39 is 6.29 Å². The molecule has 170 valence electrons. The van der Waals surface area contributed by atoms with Crippen molar-refractivity contribution in [1.29, 1.82) is 0 Å². The SMILES string of the molecule is CCCCCCCCCC(O)O.CCCCCc1cccc(O)c1CCCCC. The second-order valence-corrected chi connectivity index (χ2v) is 8.22. The highest BCUT2D eigenvalue weighted by molar-refractivity contribution is 5.39. The number of unbranched alkanes of at least 4 members (excludes halogenated alkanes) is 10. The molecule has 0 bridgehead atoms. The van der Waals surface area contributed by atoms with Crippen LogP contribution in [0.3, 0.4) is 0 Å². The molecule has 0 aliphatic heterocycles. The Morgan fingerprint density at radius 2 is 1.17 bits per heavy atom. The van der Waals surface area contributed by atoms with Crippen LogP contribution in [-0.2, 0) is 12.8 Å². The van der Waals surface area contributed by atoms with Crippen molar-refractivity contribution in [3.05, 3.63) is 29.3 Å². The smallest absolute Gasteiger partial charge is 0.151 e. The first-order valence-corrected chi connectivity index (χ1v) is 12.2. The normalized spacial score (nSPS) is 10.8. The van der Waals surface area contributed by atoms with E-state index >= 15 is 0 Å². The molecule has 0 radical (unpaired) electrons. The standard InChI is InChI=1S/C16H26O.C10H22O2/c1-3-5-7-10-14-11-9-13-16(17)15(14)12-8-6-4-2;1-2-3-4-5-6-7-8-9-10(11)12/h9,11,13,17H,3-8,10,12H2,1-2H3;10-12H,2-9H2,1H3. The molecule has 0 aliphatic carbocycles. The lowest BCUT2D eigenvalue weighted by molar-refractivity contribution is -0.0466. The highest BCUT2D eigenvalue weighted by Gasteiger charge is 2.07. The molecule has 0 aromatic heterocycles. The second kappa shape index (κ2) is 20.2. The van der Waals surface area contributed by atoms with E-state index in [1.807, 2.05) is 12.1 Å². The van der Waals surface area contributed by atoms with Gasteiger partial charge in [0.2, 0.25) is 0 Å². The molecule has 0 fully saturated rings. The van der Waals surface area contributed by atoms with Gasteiger partial charge in [0.05, 0.1) is 0 Å². The van der Waals surface area contributed by atoms with Crippen LogP contribution in [0.5, 0.6) is 5.75 Å². The molecule has 1 aromatic rings. The molecule has 0 saturated carbocycles. The van der Waals surface area contributed by atoms with Gasteiger partial charge in [0.1, 0.15) is 5.75 Å². The zero-order chi connectivity index (χ0) is 21.7. The molecule has 3 N–H and O–H groups in total. The Labute approximate surface area is 180 Å². The predicted octanol–water partition coefficient (Wildman–Crippen LogP) is 7.30. The third-order valence-corrected chi connectivity index (χ3v) is 5.39. The Morgan fingerprint density at radius 3 is 1.76 bits per heavy atom. The Hall–Kier alpha value is -1.06. The van der Waals surface area contributed by atoms with Crippen LogP contribution in [0, 0.1) is 0 Å². The number of aliphatic hydroxyl groups excluding tert-OH is 1. The summed E-state index contributed by atoms with van der Waals surface area (Å²) >= 11 is 0. The molecule has 0 atom stereocenters. The average Bonchev–Trinajstić information content (AvgIpc) is 2.70. The van der Waals surface area contributed by atoms with Crippen molar-refractivity contribution in [1.82, 2.24) is 0 Å². The van der Waals surface area contributed by atoms with E-state index in [9.17, 15) is 5.11 Å². The maximum absolute atomic E-state index is 9.95. The lowest BCUT2D eigenvalue weighted by atomic mass is 9.96. The summed E-state index contributed by atoms with van der Waals surface area (Å²) in [6.07, 6.45) is 17.6. The summed E-state index contributed by atoms with van der Waals surface area (Å²) in [7, 11) is 0. The number of phenols is 1. The number of phenolic OH excluding ortho intramolecular Hbond substituents is 1. The highest BCUT2D eigenvalue weighted by atomic mass is 16.5. The van der Waals surface area contributed by atoms with Gasteiger partial charge in [0.15, 0.2) is 6.29 Å². The van der Waals surface area contributed by atoms with Crippen molar-refractivity contribution in [2.45, 2.75) is 130 Å². The molecule has 3 heteroatoms. The number of aryl methyl sites for hydroxylation is 1. The quantitative estimate of drug-likeness (QED) is 0.199. The predicted molar refractivity (Wildman–Crippen MR) is 125 cm³/mol. The molecule has 0 saturated heterocycles. The number of aromatic hydroxyl groups is 1. The maximum Gasteiger partial charge on any atom is 0.151 e. The first-order chi connectivity index (χ1) is 14.1. The van der Waals surface area contributed by atoms with Gasteiger partial charge in [-0.15, -0.1) is 0 Å². The van der Waals surface area contributed by atoms with Gasteiger partial charge < -0.3 is 15.3 Å². The fraction of sp³-hybridized carbons (Fsp3) is 0.769. The van der Waals surface area contributed by atoms with Crippen LogP contribution in [-0.4, -0.2) is 21.6 Å². The Bertz CT molecular complexity index is 471. The van der Waals surface area contributed by atoms with Gasteiger partial charge >= 0.3 is 0 Å². The van der Waals surface area contributed by atoms with E-state index in [1.165, 1.54) is 81.8 Å². The van der Waals surface area contributed by atoms with Crippen LogP contribution >= 0.6 is 0 Å². The molecule has 0 spiro atoms. The minimum absolute atomic E-state index is 0.495. The summed E-state index contributed by atoms with van der Waals surface area (Å²) in [6, 6.07) is 5.97. The molecule has 3 nitrogen and oxygen atoms in total. The van der Waals surface area contributed by atoms with Gasteiger partial charge in [-0.25, -0.2) is 0 Å². The fourth-order valence-electron chi connectivity index (χ4n) is 3.55. The minimum atomic E-state index is -1.10. The number of aliphatic hydroxyl groups is 2. The van der Waals surface area contributed by atoms with E-state index in [4.69, 9.17) is 10.2 Å². The summed E-state index contributed by atoms with van der Waals surface area (Å²) in [4.78, 5) is 0. The van der Waals surface area contributed by atoms with E-state index in [1.54, 1.807) is 0 Å². The van der Waals surface area contributed by atoms with Gasteiger partial charge in [-0.1, -0.05) is 97.1 Å². The first-order valence-electron chi connectivity index (χ1n) is 12.2. The van der Waals surface area contributed by atoms with Crippen LogP contribution < -0.4 is 0 Å². The largest absolute Gasteiger partial charge is 0.508 e. The monoisotopic (exact) mass is 408 g/mol. The Kier molecular flexibility index (Phi) is 19.5. The van der Waals surface area contributed by atoms with E-state index in [2.05, 4.69) is 26.8 Å². The second-order valence-electron chi connectivity index (χ2n) is 8.22. The molecular formula is C26H48O3. The van der Waals surface area contributed by atoms with Gasteiger partial charge in [-0.3, -0.25) is 0 Å². The molecule has 0 amide bonds. The van der Waals surface area contributed by atoms with Gasteiger partial charge in [0.25, 0.3) is 0 Å². The van der Waals surface area contributed by atoms with Crippen molar-refractivity contribution in [3.8, 4) is 5.75 Å². The minimum Gasteiger partial charge on any atom is -0.508 e. The summed E-state index contributed by atoms with van der Waals surface area (Å²) in [5, 5.41) is 27.0. The highest BCUT2D eigenvalue weighted by Crippen LogP contribution is 2.25. The molecule has 29 heavy (non-hydrogen) atoms. The van der Waals surface area contributed by atoms with Gasteiger partial charge in [-0.2, -0.15) is 0 Å². The average molecular weight is 409 g/mol.